The maximum absolute atomic E-state index is 10.9. The van der Waals surface area contributed by atoms with Gasteiger partial charge in [0.05, 0.1) is 0 Å². The first-order valence-electron chi connectivity index (χ1n) is 5.57. The Bertz CT molecular complexity index is 181. The first kappa shape index (κ1) is 14.4. The molecular weight excluding hydrogens is 192 g/mol. The Morgan fingerprint density at radius 3 is 2.33 bits per heavy atom. The number of nitrogens with zero attached hydrogens (tertiary/aromatic N) is 1. The summed E-state index contributed by atoms with van der Waals surface area (Å²) >= 11 is 0. The summed E-state index contributed by atoms with van der Waals surface area (Å²) in [6.07, 6.45) is 2.72. The SMILES string of the molecule is CC(C)NC(CCCCN(C)C)C(=O)O. The molecule has 0 aliphatic heterocycles. The van der Waals surface area contributed by atoms with E-state index in [9.17, 15) is 4.79 Å². The summed E-state index contributed by atoms with van der Waals surface area (Å²) in [5.41, 5.74) is 0. The molecule has 4 heteroatoms. The molecule has 0 bridgehead atoms. The minimum Gasteiger partial charge on any atom is -0.480 e. The topological polar surface area (TPSA) is 52.6 Å². The number of unbranched alkanes of at least 4 members (excludes halogenated alkanes) is 1. The molecule has 0 amide bonds. The van der Waals surface area contributed by atoms with Gasteiger partial charge < -0.3 is 15.3 Å². The third-order valence-electron chi connectivity index (χ3n) is 2.18. The standard InChI is InChI=1S/C11H24N2O2/c1-9(2)12-10(11(14)15)7-5-6-8-13(3)4/h9-10,12H,5-8H2,1-4H3,(H,14,15). The highest BCUT2D eigenvalue weighted by Crippen LogP contribution is 2.03. The van der Waals surface area contributed by atoms with Crippen molar-refractivity contribution in [1.29, 1.82) is 0 Å². The van der Waals surface area contributed by atoms with E-state index in [1.165, 1.54) is 0 Å². The molecule has 1 unspecified atom stereocenters. The zero-order valence-corrected chi connectivity index (χ0v) is 10.3. The molecule has 4 nitrogen and oxygen atoms in total. The van der Waals surface area contributed by atoms with Crippen molar-refractivity contribution in [2.24, 2.45) is 0 Å². The van der Waals surface area contributed by atoms with Gasteiger partial charge in [-0.1, -0.05) is 20.3 Å². The molecule has 0 fully saturated rings. The highest BCUT2D eigenvalue weighted by Gasteiger charge is 2.16. The number of carboxylic acids is 1. The van der Waals surface area contributed by atoms with E-state index in [1.807, 2.05) is 27.9 Å². The average molecular weight is 216 g/mol. The Morgan fingerprint density at radius 1 is 1.33 bits per heavy atom. The van der Waals surface area contributed by atoms with Crippen LogP contribution in [0, 0.1) is 0 Å². The summed E-state index contributed by atoms with van der Waals surface area (Å²) in [5, 5.41) is 12.0. The fourth-order valence-corrected chi connectivity index (χ4v) is 1.46. The molecule has 0 aromatic rings. The van der Waals surface area contributed by atoms with Gasteiger partial charge in [0.2, 0.25) is 0 Å². The molecule has 1 atom stereocenters. The first-order chi connectivity index (χ1) is 6.93. The van der Waals surface area contributed by atoms with Gasteiger partial charge in [-0.25, -0.2) is 0 Å². The second-order valence-electron chi connectivity index (χ2n) is 4.51. The molecule has 0 aliphatic carbocycles. The van der Waals surface area contributed by atoms with Crippen molar-refractivity contribution in [1.82, 2.24) is 10.2 Å². The van der Waals surface area contributed by atoms with Crippen molar-refractivity contribution in [3.05, 3.63) is 0 Å². The Hall–Kier alpha value is -0.610. The third-order valence-corrected chi connectivity index (χ3v) is 2.18. The maximum Gasteiger partial charge on any atom is 0.320 e. The van der Waals surface area contributed by atoms with Crippen LogP contribution in [-0.4, -0.2) is 48.7 Å². The lowest BCUT2D eigenvalue weighted by Gasteiger charge is -2.17. The molecule has 0 rings (SSSR count). The number of aliphatic carboxylic acids is 1. The van der Waals surface area contributed by atoms with E-state index in [1.54, 1.807) is 0 Å². The Kier molecular flexibility index (Phi) is 7.34. The number of rotatable bonds is 8. The van der Waals surface area contributed by atoms with E-state index >= 15 is 0 Å². The molecule has 0 aromatic carbocycles. The van der Waals surface area contributed by atoms with E-state index in [4.69, 9.17) is 5.11 Å². The lowest BCUT2D eigenvalue weighted by Crippen LogP contribution is -2.40. The monoisotopic (exact) mass is 216 g/mol. The number of nitrogens with one attached hydrogen (secondary N) is 1. The number of hydrogen-bond donors (Lipinski definition) is 2. The highest BCUT2D eigenvalue weighted by molar-refractivity contribution is 5.73. The number of carboxylic acid groups (broad SMARTS) is 1. The lowest BCUT2D eigenvalue weighted by molar-refractivity contribution is -0.139. The number of hydrogen-bond acceptors (Lipinski definition) is 3. The molecule has 2 N–H and O–H groups in total. The van der Waals surface area contributed by atoms with Gasteiger partial charge in [0.1, 0.15) is 6.04 Å². The molecule has 0 saturated carbocycles. The predicted octanol–water partition coefficient (Wildman–Crippen LogP) is 1.17. The van der Waals surface area contributed by atoms with Crippen LogP contribution < -0.4 is 5.32 Å². The van der Waals surface area contributed by atoms with Gasteiger partial charge in [-0.3, -0.25) is 4.79 Å². The van der Waals surface area contributed by atoms with Crippen LogP contribution in [0.4, 0.5) is 0 Å². The molecule has 0 saturated heterocycles. The first-order valence-corrected chi connectivity index (χ1v) is 5.57. The average Bonchev–Trinajstić information content (AvgIpc) is 2.08. The van der Waals surface area contributed by atoms with Gasteiger partial charge in [-0.15, -0.1) is 0 Å². The van der Waals surface area contributed by atoms with Crippen LogP contribution in [0.25, 0.3) is 0 Å². The molecule has 0 aliphatic rings. The van der Waals surface area contributed by atoms with Crippen molar-refractivity contribution >= 4 is 5.97 Å². The van der Waals surface area contributed by atoms with Crippen molar-refractivity contribution < 1.29 is 9.90 Å². The molecule has 0 radical (unpaired) electrons. The normalized spacial score (nSPS) is 13.5. The predicted molar refractivity (Wildman–Crippen MR) is 62.1 cm³/mol. The van der Waals surface area contributed by atoms with Crippen molar-refractivity contribution in [3.63, 3.8) is 0 Å². The van der Waals surface area contributed by atoms with Crippen LogP contribution in [0.1, 0.15) is 33.1 Å². The zero-order valence-electron chi connectivity index (χ0n) is 10.3. The van der Waals surface area contributed by atoms with Gasteiger partial charge in [0.15, 0.2) is 0 Å². The summed E-state index contributed by atoms with van der Waals surface area (Å²) in [6.45, 7) is 4.96. The minimum atomic E-state index is -0.742. The fourth-order valence-electron chi connectivity index (χ4n) is 1.46. The van der Waals surface area contributed by atoms with Crippen molar-refractivity contribution in [3.8, 4) is 0 Å². The van der Waals surface area contributed by atoms with Crippen LogP contribution in [0.15, 0.2) is 0 Å². The van der Waals surface area contributed by atoms with Crippen molar-refractivity contribution in [2.45, 2.75) is 45.2 Å². The van der Waals surface area contributed by atoms with E-state index < -0.39 is 12.0 Å². The van der Waals surface area contributed by atoms with Gasteiger partial charge in [0.25, 0.3) is 0 Å². The molecule has 0 spiro atoms. The molecule has 15 heavy (non-hydrogen) atoms. The molecule has 0 aromatic heterocycles. The van der Waals surface area contributed by atoms with Crippen molar-refractivity contribution in [2.75, 3.05) is 20.6 Å². The molecule has 90 valence electrons. The third kappa shape index (κ3) is 8.39. The Labute approximate surface area is 92.7 Å². The van der Waals surface area contributed by atoms with Crippen LogP contribution >= 0.6 is 0 Å². The van der Waals surface area contributed by atoms with Crippen LogP contribution in [0.5, 0.6) is 0 Å². The molecular formula is C11H24N2O2. The summed E-state index contributed by atoms with van der Waals surface area (Å²) in [4.78, 5) is 13.0. The van der Waals surface area contributed by atoms with E-state index in [-0.39, 0.29) is 6.04 Å². The lowest BCUT2D eigenvalue weighted by atomic mass is 10.1. The van der Waals surface area contributed by atoms with Gasteiger partial charge in [0, 0.05) is 6.04 Å². The van der Waals surface area contributed by atoms with Crippen LogP contribution in [0.3, 0.4) is 0 Å². The summed E-state index contributed by atoms with van der Waals surface area (Å²) in [6, 6.07) is -0.174. The Balaban J connectivity index is 3.72. The zero-order chi connectivity index (χ0) is 11.8. The summed E-state index contributed by atoms with van der Waals surface area (Å²) in [7, 11) is 4.06. The number of carbonyl (C=O) groups is 1. The largest absolute Gasteiger partial charge is 0.480 e. The summed E-state index contributed by atoms with van der Waals surface area (Å²) in [5.74, 6) is -0.742. The van der Waals surface area contributed by atoms with Gasteiger partial charge >= 0.3 is 5.97 Å². The highest BCUT2D eigenvalue weighted by atomic mass is 16.4. The molecule has 0 heterocycles. The van der Waals surface area contributed by atoms with Gasteiger partial charge in [-0.05, 0) is 33.5 Å². The van der Waals surface area contributed by atoms with Gasteiger partial charge in [-0.2, -0.15) is 0 Å². The van der Waals surface area contributed by atoms with Crippen LogP contribution in [0.2, 0.25) is 0 Å². The second-order valence-corrected chi connectivity index (χ2v) is 4.51. The quantitative estimate of drug-likeness (QED) is 0.598. The Morgan fingerprint density at radius 2 is 1.93 bits per heavy atom. The maximum atomic E-state index is 10.9. The van der Waals surface area contributed by atoms with E-state index in [0.717, 1.165) is 19.4 Å². The van der Waals surface area contributed by atoms with Crippen LogP contribution in [-0.2, 0) is 4.79 Å². The summed E-state index contributed by atoms with van der Waals surface area (Å²) < 4.78 is 0. The minimum absolute atomic E-state index is 0.222. The van der Waals surface area contributed by atoms with E-state index in [0.29, 0.717) is 6.42 Å². The smallest absolute Gasteiger partial charge is 0.320 e. The second kappa shape index (κ2) is 7.65. The van der Waals surface area contributed by atoms with E-state index in [2.05, 4.69) is 10.2 Å². The fraction of sp³-hybridized carbons (Fsp3) is 0.909.